The van der Waals surface area contributed by atoms with Crippen molar-refractivity contribution in [3.8, 4) is 0 Å². The fourth-order valence-corrected chi connectivity index (χ4v) is 4.02. The van der Waals surface area contributed by atoms with Gasteiger partial charge in [-0.15, -0.1) is 0 Å². The maximum Gasteiger partial charge on any atom is 0.225 e. The van der Waals surface area contributed by atoms with E-state index in [1.807, 2.05) is 24.1 Å². The van der Waals surface area contributed by atoms with Gasteiger partial charge in [-0.2, -0.15) is 5.10 Å². The number of pyridine rings is 1. The number of nitrogens with two attached hydrogens (primary N) is 1. The third-order valence-electron chi connectivity index (χ3n) is 5.46. The van der Waals surface area contributed by atoms with E-state index in [-0.39, 0.29) is 11.8 Å². The number of carbonyl (C=O) groups is 1. The summed E-state index contributed by atoms with van der Waals surface area (Å²) < 4.78 is 7.11. The van der Waals surface area contributed by atoms with Crippen LogP contribution in [-0.4, -0.2) is 51.9 Å². The highest BCUT2D eigenvalue weighted by atomic mass is 16.5. The lowest BCUT2D eigenvalue weighted by Gasteiger charge is -2.35. The van der Waals surface area contributed by atoms with Gasteiger partial charge in [0.15, 0.2) is 11.5 Å². The molecule has 0 unspecified atom stereocenters. The SMILES string of the molecule is Cn1nc(N)c2ccc([C@H]3CCCN(C(=O)C4CCOCC4)C3)nc21. The lowest BCUT2D eigenvalue weighted by atomic mass is 9.91. The first kappa shape index (κ1) is 16.3. The van der Waals surface area contributed by atoms with Gasteiger partial charge in [-0.3, -0.25) is 4.79 Å². The number of amides is 1. The van der Waals surface area contributed by atoms with Crippen LogP contribution in [0.5, 0.6) is 0 Å². The number of likely N-dealkylation sites (tertiary alicyclic amines) is 1. The Labute approximate surface area is 147 Å². The Bertz CT molecular complexity index is 781. The summed E-state index contributed by atoms with van der Waals surface area (Å²) in [5.41, 5.74) is 7.75. The van der Waals surface area contributed by atoms with E-state index in [2.05, 4.69) is 5.10 Å². The van der Waals surface area contributed by atoms with Gasteiger partial charge in [0.25, 0.3) is 0 Å². The molecule has 1 atom stereocenters. The summed E-state index contributed by atoms with van der Waals surface area (Å²) in [5.74, 6) is 1.20. The van der Waals surface area contributed by atoms with E-state index in [0.29, 0.717) is 24.9 Å². The highest BCUT2D eigenvalue weighted by Gasteiger charge is 2.31. The number of piperidine rings is 1. The van der Waals surface area contributed by atoms with Crippen molar-refractivity contribution in [3.63, 3.8) is 0 Å². The molecule has 134 valence electrons. The van der Waals surface area contributed by atoms with E-state index in [9.17, 15) is 4.79 Å². The number of anilines is 1. The number of nitrogen functional groups attached to an aromatic ring is 1. The molecule has 4 rings (SSSR count). The summed E-state index contributed by atoms with van der Waals surface area (Å²) in [6.45, 7) is 3.01. The van der Waals surface area contributed by atoms with E-state index in [1.54, 1.807) is 4.68 Å². The van der Waals surface area contributed by atoms with Crippen LogP contribution in [0, 0.1) is 5.92 Å². The summed E-state index contributed by atoms with van der Waals surface area (Å²) >= 11 is 0. The third kappa shape index (κ3) is 3.08. The Hall–Kier alpha value is -2.15. The van der Waals surface area contributed by atoms with Crippen molar-refractivity contribution in [3.05, 3.63) is 17.8 Å². The number of nitrogens with zero attached hydrogens (tertiary/aromatic N) is 4. The average Bonchev–Trinajstić information content (AvgIpc) is 2.95. The number of aryl methyl sites for hydroxylation is 1. The molecule has 1 amide bonds. The number of fused-ring (bicyclic) bond motifs is 1. The van der Waals surface area contributed by atoms with Crippen molar-refractivity contribution in [2.24, 2.45) is 13.0 Å². The topological polar surface area (TPSA) is 86.3 Å². The molecular formula is C18H25N5O2. The van der Waals surface area contributed by atoms with Crippen LogP contribution in [0.1, 0.15) is 37.3 Å². The van der Waals surface area contributed by atoms with Crippen LogP contribution >= 0.6 is 0 Å². The first-order valence-electron chi connectivity index (χ1n) is 9.09. The maximum absolute atomic E-state index is 12.8. The Kier molecular flexibility index (Phi) is 4.33. The fourth-order valence-electron chi connectivity index (χ4n) is 4.02. The normalized spacial score (nSPS) is 22.4. The van der Waals surface area contributed by atoms with Gasteiger partial charge >= 0.3 is 0 Å². The predicted octanol–water partition coefficient (Wildman–Crippen LogP) is 1.68. The zero-order chi connectivity index (χ0) is 17.4. The molecule has 2 N–H and O–H groups in total. The van der Waals surface area contributed by atoms with E-state index < -0.39 is 0 Å². The first-order valence-corrected chi connectivity index (χ1v) is 9.09. The van der Waals surface area contributed by atoms with Crippen LogP contribution in [0.25, 0.3) is 11.0 Å². The summed E-state index contributed by atoms with van der Waals surface area (Å²) in [4.78, 5) is 19.6. The smallest absolute Gasteiger partial charge is 0.225 e. The van der Waals surface area contributed by atoms with E-state index in [0.717, 1.165) is 55.5 Å². The largest absolute Gasteiger partial charge is 0.382 e. The number of carbonyl (C=O) groups excluding carboxylic acids is 1. The molecule has 0 aromatic carbocycles. The maximum atomic E-state index is 12.8. The van der Waals surface area contributed by atoms with Gasteiger partial charge in [0.05, 0.1) is 5.39 Å². The minimum absolute atomic E-state index is 0.125. The van der Waals surface area contributed by atoms with Crippen molar-refractivity contribution in [1.29, 1.82) is 0 Å². The summed E-state index contributed by atoms with van der Waals surface area (Å²) in [5, 5.41) is 5.12. The van der Waals surface area contributed by atoms with Crippen LogP contribution in [0.2, 0.25) is 0 Å². The van der Waals surface area contributed by atoms with E-state index in [1.165, 1.54) is 0 Å². The van der Waals surface area contributed by atoms with Crippen LogP contribution in [0.4, 0.5) is 5.82 Å². The Morgan fingerprint density at radius 1 is 1.28 bits per heavy atom. The van der Waals surface area contributed by atoms with Gasteiger partial charge in [0.2, 0.25) is 5.91 Å². The van der Waals surface area contributed by atoms with Gasteiger partial charge in [-0.25, -0.2) is 9.67 Å². The molecule has 0 bridgehead atoms. The Morgan fingerprint density at radius 3 is 2.88 bits per heavy atom. The average molecular weight is 343 g/mol. The number of hydrogen-bond acceptors (Lipinski definition) is 5. The number of rotatable bonds is 2. The fraction of sp³-hybridized carbons (Fsp3) is 0.611. The van der Waals surface area contributed by atoms with Crippen molar-refractivity contribution in [1.82, 2.24) is 19.7 Å². The van der Waals surface area contributed by atoms with E-state index >= 15 is 0 Å². The van der Waals surface area contributed by atoms with Gasteiger partial charge < -0.3 is 15.4 Å². The summed E-state index contributed by atoms with van der Waals surface area (Å²) in [6, 6.07) is 4.03. The van der Waals surface area contributed by atoms with E-state index in [4.69, 9.17) is 15.5 Å². The highest BCUT2D eigenvalue weighted by Crippen LogP contribution is 2.30. The zero-order valence-corrected chi connectivity index (χ0v) is 14.6. The van der Waals surface area contributed by atoms with Crippen molar-refractivity contribution < 1.29 is 9.53 Å². The van der Waals surface area contributed by atoms with Crippen LogP contribution < -0.4 is 5.73 Å². The molecule has 2 aliphatic rings. The van der Waals surface area contributed by atoms with Gasteiger partial charge in [-0.05, 0) is 37.8 Å². The molecule has 2 fully saturated rings. The molecule has 2 aromatic heterocycles. The van der Waals surface area contributed by atoms with Crippen molar-refractivity contribution in [2.45, 2.75) is 31.6 Å². The molecule has 4 heterocycles. The molecule has 25 heavy (non-hydrogen) atoms. The molecule has 2 aromatic rings. The van der Waals surface area contributed by atoms with Crippen LogP contribution in [0.15, 0.2) is 12.1 Å². The molecule has 2 aliphatic heterocycles. The lowest BCUT2D eigenvalue weighted by Crippen LogP contribution is -2.43. The number of aromatic nitrogens is 3. The standard InChI is InChI=1S/C18H25N5O2/c1-22-17-14(16(19)21-22)4-5-15(20-17)13-3-2-8-23(11-13)18(24)12-6-9-25-10-7-12/h4-5,12-13H,2-3,6-11H2,1H3,(H2,19,21)/t13-/m0/s1. The monoisotopic (exact) mass is 343 g/mol. The minimum Gasteiger partial charge on any atom is -0.382 e. The van der Waals surface area contributed by atoms with Gasteiger partial charge in [0.1, 0.15) is 0 Å². The first-order chi connectivity index (χ1) is 12.1. The molecule has 2 saturated heterocycles. The second kappa shape index (κ2) is 6.63. The number of hydrogen-bond donors (Lipinski definition) is 1. The highest BCUT2D eigenvalue weighted by molar-refractivity contribution is 5.86. The molecule has 0 aliphatic carbocycles. The molecule has 0 spiro atoms. The van der Waals surface area contributed by atoms with Crippen LogP contribution in [-0.2, 0) is 16.6 Å². The van der Waals surface area contributed by atoms with Crippen molar-refractivity contribution in [2.75, 3.05) is 32.0 Å². The predicted molar refractivity (Wildman–Crippen MR) is 95.0 cm³/mol. The second-order valence-corrected chi connectivity index (χ2v) is 7.13. The Balaban J connectivity index is 1.52. The molecule has 0 radical (unpaired) electrons. The summed E-state index contributed by atoms with van der Waals surface area (Å²) in [6.07, 6.45) is 3.77. The number of ether oxygens (including phenoxy) is 1. The molecular weight excluding hydrogens is 318 g/mol. The van der Waals surface area contributed by atoms with Crippen molar-refractivity contribution >= 4 is 22.8 Å². The minimum atomic E-state index is 0.125. The lowest BCUT2D eigenvalue weighted by molar-refractivity contribution is -0.139. The quantitative estimate of drug-likeness (QED) is 0.896. The van der Waals surface area contributed by atoms with Gasteiger partial charge in [-0.1, -0.05) is 0 Å². The third-order valence-corrected chi connectivity index (χ3v) is 5.46. The molecule has 7 nitrogen and oxygen atoms in total. The summed E-state index contributed by atoms with van der Waals surface area (Å²) in [7, 11) is 1.86. The Morgan fingerprint density at radius 2 is 2.08 bits per heavy atom. The second-order valence-electron chi connectivity index (χ2n) is 7.13. The molecule has 0 saturated carbocycles. The zero-order valence-electron chi connectivity index (χ0n) is 14.6. The van der Waals surface area contributed by atoms with Crippen LogP contribution in [0.3, 0.4) is 0 Å². The molecule has 7 heteroatoms. The van der Waals surface area contributed by atoms with Gasteiger partial charge in [0, 0.05) is 50.9 Å².